The van der Waals surface area contributed by atoms with Crippen molar-refractivity contribution < 1.29 is 14.5 Å². The predicted molar refractivity (Wildman–Crippen MR) is 67.7 cm³/mol. The van der Waals surface area contributed by atoms with Gasteiger partial charge in [0.25, 0.3) is 5.69 Å². The van der Waals surface area contributed by atoms with E-state index in [-0.39, 0.29) is 24.1 Å². The molecule has 7 heteroatoms. The third-order valence-electron chi connectivity index (χ3n) is 2.93. The molecule has 0 saturated heterocycles. The van der Waals surface area contributed by atoms with Crippen LogP contribution in [0.15, 0.2) is 24.5 Å². The number of carbonyl (C=O) groups excluding carboxylic acids is 1. The minimum atomic E-state index is -0.462. The second-order valence-corrected chi connectivity index (χ2v) is 4.21. The molecule has 0 aliphatic heterocycles. The maximum Gasteiger partial charge on any atom is 0.307 e. The summed E-state index contributed by atoms with van der Waals surface area (Å²) in [7, 11) is 1.34. The molecule has 0 fully saturated rings. The molecule has 0 spiro atoms. The van der Waals surface area contributed by atoms with Crippen molar-refractivity contribution in [3.8, 4) is 0 Å². The van der Waals surface area contributed by atoms with Crippen LogP contribution in [-0.2, 0) is 9.53 Å². The number of carbonyl (C=O) groups is 1. The van der Waals surface area contributed by atoms with E-state index in [9.17, 15) is 14.9 Å². The van der Waals surface area contributed by atoms with Crippen LogP contribution < -0.4 is 0 Å². The zero-order valence-corrected chi connectivity index (χ0v) is 10.6. The maximum atomic E-state index is 11.3. The lowest BCUT2D eigenvalue weighted by Crippen LogP contribution is -2.11. The number of non-ortho nitro benzene ring substituents is 1. The van der Waals surface area contributed by atoms with E-state index in [1.807, 2.05) is 6.92 Å². The summed E-state index contributed by atoms with van der Waals surface area (Å²) in [5.41, 5.74) is 1.28. The molecule has 0 radical (unpaired) electrons. The second-order valence-electron chi connectivity index (χ2n) is 4.21. The van der Waals surface area contributed by atoms with E-state index in [0.29, 0.717) is 5.52 Å². The fourth-order valence-electron chi connectivity index (χ4n) is 1.91. The number of nitro benzene ring substituents is 1. The Hall–Kier alpha value is -2.44. The monoisotopic (exact) mass is 263 g/mol. The smallest absolute Gasteiger partial charge is 0.307 e. The van der Waals surface area contributed by atoms with Gasteiger partial charge >= 0.3 is 5.97 Å². The zero-order valence-electron chi connectivity index (χ0n) is 10.6. The third-order valence-corrected chi connectivity index (χ3v) is 2.93. The van der Waals surface area contributed by atoms with E-state index in [2.05, 4.69) is 9.72 Å². The topological polar surface area (TPSA) is 87.3 Å². The highest BCUT2D eigenvalue weighted by Gasteiger charge is 2.15. The van der Waals surface area contributed by atoms with Crippen molar-refractivity contribution in [3.05, 3.63) is 34.6 Å². The van der Waals surface area contributed by atoms with Gasteiger partial charge < -0.3 is 9.30 Å². The molecule has 1 unspecified atom stereocenters. The van der Waals surface area contributed by atoms with E-state index in [1.54, 1.807) is 17.0 Å². The van der Waals surface area contributed by atoms with E-state index in [0.717, 1.165) is 5.52 Å². The third kappa shape index (κ3) is 2.54. The van der Waals surface area contributed by atoms with E-state index in [1.165, 1.54) is 19.2 Å². The zero-order chi connectivity index (χ0) is 14.0. The van der Waals surface area contributed by atoms with Crippen molar-refractivity contribution in [1.29, 1.82) is 0 Å². The molecule has 7 nitrogen and oxygen atoms in total. The lowest BCUT2D eigenvalue weighted by Gasteiger charge is -2.12. The SMILES string of the molecule is COC(=O)CC(C)n1cnc2cc([N+](=O)[O-])ccc21. The Bertz CT molecular complexity index is 635. The Morgan fingerprint density at radius 1 is 1.58 bits per heavy atom. The van der Waals surface area contributed by atoms with Gasteiger partial charge in [0.1, 0.15) is 0 Å². The number of hydrogen-bond donors (Lipinski definition) is 0. The molecule has 0 N–H and O–H groups in total. The summed E-state index contributed by atoms with van der Waals surface area (Å²) in [5.74, 6) is -0.309. The molecule has 2 rings (SSSR count). The molecule has 0 aliphatic carbocycles. The molecule has 1 aromatic carbocycles. The number of nitro groups is 1. The van der Waals surface area contributed by atoms with Crippen LogP contribution in [0.25, 0.3) is 11.0 Å². The number of esters is 1. The molecule has 1 aromatic heterocycles. The van der Waals surface area contributed by atoms with Gasteiger partial charge in [-0.2, -0.15) is 0 Å². The lowest BCUT2D eigenvalue weighted by molar-refractivity contribution is -0.384. The van der Waals surface area contributed by atoms with Crippen molar-refractivity contribution in [3.63, 3.8) is 0 Å². The molecular weight excluding hydrogens is 250 g/mol. The molecule has 0 saturated carbocycles. The summed E-state index contributed by atoms with van der Waals surface area (Å²) in [6.45, 7) is 1.86. The summed E-state index contributed by atoms with van der Waals surface area (Å²) < 4.78 is 6.42. The Morgan fingerprint density at radius 2 is 2.32 bits per heavy atom. The number of hydrogen-bond acceptors (Lipinski definition) is 5. The van der Waals surface area contributed by atoms with E-state index in [4.69, 9.17) is 0 Å². The Morgan fingerprint density at radius 3 is 2.95 bits per heavy atom. The minimum absolute atomic E-state index is 0.00151. The molecule has 0 amide bonds. The summed E-state index contributed by atoms with van der Waals surface area (Å²) in [6.07, 6.45) is 1.79. The normalized spacial score (nSPS) is 12.3. The van der Waals surface area contributed by atoms with Gasteiger partial charge in [-0.1, -0.05) is 0 Å². The fourth-order valence-corrected chi connectivity index (χ4v) is 1.91. The quantitative estimate of drug-likeness (QED) is 0.478. The van der Waals surface area contributed by atoms with Crippen LogP contribution in [0.5, 0.6) is 0 Å². The number of ether oxygens (including phenoxy) is 1. The molecule has 100 valence electrons. The van der Waals surface area contributed by atoms with Gasteiger partial charge in [0.15, 0.2) is 0 Å². The molecule has 19 heavy (non-hydrogen) atoms. The van der Waals surface area contributed by atoms with Gasteiger partial charge in [0.2, 0.25) is 0 Å². The van der Waals surface area contributed by atoms with Crippen LogP contribution in [0, 0.1) is 10.1 Å². The first kappa shape index (κ1) is 13.0. The van der Waals surface area contributed by atoms with Gasteiger partial charge in [0, 0.05) is 18.2 Å². The summed E-state index contributed by atoms with van der Waals surface area (Å²) in [5, 5.41) is 10.7. The molecule has 0 aliphatic rings. The molecular formula is C12H13N3O4. The first-order valence-electron chi connectivity index (χ1n) is 5.70. The van der Waals surface area contributed by atoms with Gasteiger partial charge in [-0.3, -0.25) is 14.9 Å². The van der Waals surface area contributed by atoms with Crippen molar-refractivity contribution in [2.24, 2.45) is 0 Å². The first-order chi connectivity index (χ1) is 9.02. The minimum Gasteiger partial charge on any atom is -0.469 e. The van der Waals surface area contributed by atoms with Crippen molar-refractivity contribution in [1.82, 2.24) is 9.55 Å². The summed E-state index contributed by atoms with van der Waals surface area (Å²) in [4.78, 5) is 25.6. The Balaban J connectivity index is 2.35. The number of rotatable bonds is 4. The highest BCUT2D eigenvalue weighted by molar-refractivity contribution is 5.78. The van der Waals surface area contributed by atoms with Crippen LogP contribution in [0.2, 0.25) is 0 Å². The van der Waals surface area contributed by atoms with Crippen molar-refractivity contribution >= 4 is 22.7 Å². The molecule has 1 heterocycles. The standard InChI is InChI=1S/C12H13N3O4/c1-8(5-12(16)19-2)14-7-13-10-6-9(15(17)18)3-4-11(10)14/h3-4,6-8H,5H2,1-2H3. The average Bonchev–Trinajstić information content (AvgIpc) is 2.81. The van der Waals surface area contributed by atoms with Gasteiger partial charge in [0.05, 0.1) is 35.8 Å². The van der Waals surface area contributed by atoms with Crippen molar-refractivity contribution in [2.75, 3.05) is 7.11 Å². The van der Waals surface area contributed by atoms with Crippen LogP contribution in [-0.4, -0.2) is 27.6 Å². The lowest BCUT2D eigenvalue weighted by atomic mass is 10.2. The van der Waals surface area contributed by atoms with Gasteiger partial charge in [-0.05, 0) is 13.0 Å². The van der Waals surface area contributed by atoms with Gasteiger partial charge in [-0.25, -0.2) is 4.98 Å². The number of fused-ring (bicyclic) bond motifs is 1. The predicted octanol–water partition coefficient (Wildman–Crippen LogP) is 2.07. The molecule has 2 aromatic rings. The highest BCUT2D eigenvalue weighted by Crippen LogP contribution is 2.23. The van der Waals surface area contributed by atoms with E-state index < -0.39 is 4.92 Å². The Kier molecular flexibility index (Phi) is 3.46. The summed E-state index contributed by atoms with van der Waals surface area (Å²) in [6, 6.07) is 4.34. The molecule has 0 bridgehead atoms. The number of nitrogens with zero attached hydrogens (tertiary/aromatic N) is 3. The van der Waals surface area contributed by atoms with E-state index >= 15 is 0 Å². The largest absolute Gasteiger partial charge is 0.469 e. The highest BCUT2D eigenvalue weighted by atomic mass is 16.6. The Labute approximate surface area is 109 Å². The first-order valence-corrected chi connectivity index (χ1v) is 5.70. The van der Waals surface area contributed by atoms with Crippen LogP contribution >= 0.6 is 0 Å². The summed E-state index contributed by atoms with van der Waals surface area (Å²) >= 11 is 0. The van der Waals surface area contributed by atoms with Crippen LogP contribution in [0.3, 0.4) is 0 Å². The molecule has 1 atom stereocenters. The number of imidazole rings is 1. The number of benzene rings is 1. The van der Waals surface area contributed by atoms with Crippen molar-refractivity contribution in [2.45, 2.75) is 19.4 Å². The number of aromatic nitrogens is 2. The van der Waals surface area contributed by atoms with Crippen LogP contribution in [0.1, 0.15) is 19.4 Å². The fraction of sp³-hybridized carbons (Fsp3) is 0.333. The average molecular weight is 263 g/mol. The van der Waals surface area contributed by atoms with Crippen LogP contribution in [0.4, 0.5) is 5.69 Å². The second kappa shape index (κ2) is 5.05. The maximum absolute atomic E-state index is 11.3. The van der Waals surface area contributed by atoms with Gasteiger partial charge in [-0.15, -0.1) is 0 Å². The number of methoxy groups -OCH3 is 1.